The van der Waals surface area contributed by atoms with E-state index in [9.17, 15) is 0 Å². The molecule has 0 aliphatic heterocycles. The number of allylic oxidation sites excluding steroid dienone is 8. The number of hydrogen-bond acceptors (Lipinski definition) is 2. The van der Waals surface area contributed by atoms with Gasteiger partial charge in [0.25, 0.3) is 0 Å². The van der Waals surface area contributed by atoms with Crippen LogP contribution in [0.1, 0.15) is 35.1 Å². The molecule has 0 aromatic heterocycles. The van der Waals surface area contributed by atoms with E-state index in [0.29, 0.717) is 0 Å². The third-order valence-corrected chi connectivity index (χ3v) is 27.9. The second kappa shape index (κ2) is 13.7. The predicted molar refractivity (Wildman–Crippen MR) is 148 cm³/mol. The molecule has 0 spiro atoms. The molecule has 4 rings (SSSR count). The van der Waals surface area contributed by atoms with Gasteiger partial charge < -0.3 is 0 Å². The SMILES string of the molecule is COc1c(C)cccc1C[SiH](Cc1cccc(C)c1OC)[Zr]([C]1=CC=CC1)[C]1=CC=CC1.Cl.Cl. The fourth-order valence-electron chi connectivity index (χ4n) is 5.16. The van der Waals surface area contributed by atoms with Gasteiger partial charge in [0.1, 0.15) is 0 Å². The Balaban J connectivity index is 0.00000204. The maximum absolute atomic E-state index is 5.89. The van der Waals surface area contributed by atoms with Gasteiger partial charge in [0, 0.05) is 0 Å². The molecule has 0 heterocycles. The molecule has 0 fully saturated rings. The first-order chi connectivity index (χ1) is 15.6. The predicted octanol–water partition coefficient (Wildman–Crippen LogP) is 7.06. The molecule has 0 bridgehead atoms. The van der Waals surface area contributed by atoms with Gasteiger partial charge >= 0.3 is 202 Å². The maximum atomic E-state index is 5.89. The van der Waals surface area contributed by atoms with Crippen LogP contribution in [0.15, 0.2) is 79.4 Å². The number of rotatable bonds is 9. The fourth-order valence-corrected chi connectivity index (χ4v) is 29.0. The number of halogens is 2. The summed E-state index contributed by atoms with van der Waals surface area (Å²) in [5.74, 6) is 0.955. The first kappa shape index (κ1) is 28.9. The van der Waals surface area contributed by atoms with E-state index in [4.69, 9.17) is 9.47 Å². The summed E-state index contributed by atoms with van der Waals surface area (Å²) in [6, 6.07) is 15.7. The van der Waals surface area contributed by atoms with Gasteiger partial charge in [-0.25, -0.2) is 0 Å². The maximum Gasteiger partial charge on any atom is -0.147 e. The van der Waals surface area contributed by atoms with Gasteiger partial charge in [-0.1, -0.05) is 0 Å². The smallest absolute Gasteiger partial charge is 0.147 e. The Kier molecular flexibility index (Phi) is 11.6. The van der Waals surface area contributed by atoms with Crippen LogP contribution >= 0.6 is 24.8 Å². The van der Waals surface area contributed by atoms with Gasteiger partial charge in [-0.3, -0.25) is 0 Å². The summed E-state index contributed by atoms with van der Waals surface area (Å²) in [6.45, 7) is 4.32. The van der Waals surface area contributed by atoms with E-state index >= 15 is 0 Å². The van der Waals surface area contributed by atoms with Crippen molar-refractivity contribution in [2.45, 2.75) is 38.8 Å². The molecule has 0 saturated heterocycles. The minimum atomic E-state index is -2.01. The Morgan fingerprint density at radius 1 is 0.735 bits per heavy atom. The average molecular weight is 594 g/mol. The number of methoxy groups -OCH3 is 2. The topological polar surface area (TPSA) is 18.5 Å². The molecule has 0 atom stereocenters. The molecule has 2 aliphatic rings. The van der Waals surface area contributed by atoms with Gasteiger partial charge in [-0.2, -0.15) is 0 Å². The molecule has 0 radical (unpaired) electrons. The van der Waals surface area contributed by atoms with Crippen LogP contribution < -0.4 is 9.47 Å². The van der Waals surface area contributed by atoms with Crippen molar-refractivity contribution < 1.29 is 30.4 Å². The first-order valence-electron chi connectivity index (χ1n) is 11.5. The minimum Gasteiger partial charge on any atom is -0.147 e. The largest absolute Gasteiger partial charge is 0.147 e. The second-order valence-electron chi connectivity index (χ2n) is 8.70. The molecule has 0 N–H and O–H groups in total. The van der Waals surface area contributed by atoms with E-state index in [1.807, 2.05) is 14.2 Å². The summed E-state index contributed by atoms with van der Waals surface area (Å²) < 4.78 is 15.3. The molecule has 34 heavy (non-hydrogen) atoms. The van der Waals surface area contributed by atoms with E-state index in [2.05, 4.69) is 86.7 Å². The van der Waals surface area contributed by atoms with Gasteiger partial charge in [-0.15, -0.1) is 24.8 Å². The van der Waals surface area contributed by atoms with Crippen molar-refractivity contribution in [1.29, 1.82) is 0 Å². The van der Waals surface area contributed by atoms with E-state index in [1.54, 1.807) is 6.56 Å². The Bertz CT molecular complexity index is 1020. The van der Waals surface area contributed by atoms with Gasteiger partial charge in [0.05, 0.1) is 0 Å². The van der Waals surface area contributed by atoms with Crippen molar-refractivity contribution in [3.05, 3.63) is 102 Å². The summed E-state index contributed by atoms with van der Waals surface area (Å²) in [4.78, 5) is 0. The molecule has 0 unspecified atom stereocenters. The third-order valence-electron chi connectivity index (χ3n) is 6.57. The normalized spacial score (nSPS) is 13.8. The van der Waals surface area contributed by atoms with Gasteiger partial charge in [0.15, 0.2) is 0 Å². The van der Waals surface area contributed by atoms with Crippen molar-refractivity contribution in [2.75, 3.05) is 14.2 Å². The standard InChI is InChI=1S/C18H23O2Si.2C5H5.2ClH.Zr/c1-13-7-5-9-15(17(13)19-3)11-21-12-16-10-6-8-14(2)18(16)20-4;2*1-2-4-5-3-1;;;/h5-10,21H,11-12H2,1-4H3;2*1-3H,4H2;2*1H;. The van der Waals surface area contributed by atoms with Crippen LogP contribution in [-0.4, -0.2) is 20.1 Å². The van der Waals surface area contributed by atoms with Crippen LogP contribution in [0, 0.1) is 13.8 Å². The van der Waals surface area contributed by atoms with E-state index < -0.39 is 26.8 Å². The molecular formula is C28H35Cl2O2SiZr. The van der Waals surface area contributed by atoms with Crippen LogP contribution in [0.3, 0.4) is 0 Å². The third kappa shape index (κ3) is 6.46. The number of aryl methyl sites for hydroxylation is 2. The molecule has 2 aromatic rings. The molecule has 0 amide bonds. The van der Waals surface area contributed by atoms with E-state index in [0.717, 1.165) is 24.3 Å². The summed E-state index contributed by atoms with van der Waals surface area (Å²) >= 11 is -2.01. The minimum absolute atomic E-state index is 0. The second-order valence-corrected chi connectivity index (χ2v) is 25.5. The van der Waals surface area contributed by atoms with Crippen molar-refractivity contribution >= 4 is 30.7 Å². The zero-order valence-electron chi connectivity index (χ0n) is 20.5. The van der Waals surface area contributed by atoms with Crippen molar-refractivity contribution in [1.82, 2.24) is 0 Å². The summed E-state index contributed by atoms with van der Waals surface area (Å²) in [5, 5.41) is 0. The molecule has 181 valence electrons. The van der Waals surface area contributed by atoms with Crippen LogP contribution in [0.25, 0.3) is 0 Å². The first-order valence-corrected chi connectivity index (χ1v) is 20.4. The average Bonchev–Trinajstić information content (AvgIpc) is 3.49. The van der Waals surface area contributed by atoms with E-state index in [1.165, 1.54) is 34.3 Å². The van der Waals surface area contributed by atoms with Crippen molar-refractivity contribution in [2.24, 2.45) is 0 Å². The van der Waals surface area contributed by atoms with E-state index in [-0.39, 0.29) is 24.8 Å². The Hall–Kier alpha value is -1.32. The van der Waals surface area contributed by atoms with Crippen molar-refractivity contribution in [3.8, 4) is 11.5 Å². The van der Waals surface area contributed by atoms with Crippen LogP contribution in [-0.2, 0) is 33.0 Å². The molecule has 2 nitrogen and oxygen atoms in total. The molecular weight excluding hydrogens is 559 g/mol. The Morgan fingerprint density at radius 3 is 1.53 bits per heavy atom. The van der Waals surface area contributed by atoms with Gasteiger partial charge in [-0.05, 0) is 0 Å². The van der Waals surface area contributed by atoms with Gasteiger partial charge in [0.2, 0.25) is 0 Å². The fraction of sp³-hybridized carbons (Fsp3) is 0.286. The number of para-hydroxylation sites is 2. The summed E-state index contributed by atoms with van der Waals surface area (Å²) in [6.07, 6.45) is 16.5. The Morgan fingerprint density at radius 2 is 1.18 bits per heavy atom. The number of hydrogen-bond donors (Lipinski definition) is 0. The zero-order chi connectivity index (χ0) is 22.5. The molecule has 6 heteroatoms. The quantitative estimate of drug-likeness (QED) is 0.290. The van der Waals surface area contributed by atoms with Crippen LogP contribution in [0.4, 0.5) is 0 Å². The monoisotopic (exact) mass is 591 g/mol. The van der Waals surface area contributed by atoms with Crippen LogP contribution in [0.2, 0.25) is 0 Å². The van der Waals surface area contributed by atoms with Crippen molar-refractivity contribution in [3.63, 3.8) is 0 Å². The molecule has 2 aromatic carbocycles. The zero-order valence-corrected chi connectivity index (χ0v) is 25.7. The molecule has 2 aliphatic carbocycles. The summed E-state index contributed by atoms with van der Waals surface area (Å²) in [7, 11) is 3.64. The summed E-state index contributed by atoms with van der Waals surface area (Å²) in [5.41, 5.74) is 5.26. The van der Waals surface area contributed by atoms with Crippen LogP contribution in [0.5, 0.6) is 11.5 Å². The Labute approximate surface area is 225 Å². The number of benzene rings is 2. The number of ether oxygens (including phenoxy) is 2. The molecule has 0 saturated carbocycles.